The molecule has 4 aliphatic rings. The Bertz CT molecular complexity index is 190. The number of hydrogen-bond donors (Lipinski definition) is 0. The van der Waals surface area contributed by atoms with Crippen molar-refractivity contribution in [3.05, 3.63) is 0 Å². The molecular formula is C6H10I3-. The third kappa shape index (κ3) is 0.677. The molecule has 0 aromatic carbocycles. The van der Waals surface area contributed by atoms with Gasteiger partial charge in [-0.25, -0.2) is 0 Å². The Morgan fingerprint density at radius 2 is 2.56 bits per heavy atom. The van der Waals surface area contributed by atoms with Crippen LogP contribution in [-0.4, -0.2) is 21.2 Å². The van der Waals surface area contributed by atoms with E-state index in [0.717, 1.165) is 17.2 Å². The molecule has 0 saturated carbocycles. The molecule has 4 aliphatic heterocycles. The van der Waals surface area contributed by atoms with Gasteiger partial charge in [0.1, 0.15) is 0 Å². The summed E-state index contributed by atoms with van der Waals surface area (Å²) in [5.41, 5.74) is 0. The maximum atomic E-state index is 2.91. The number of alkyl halides is 4. The molecule has 0 aromatic heterocycles. The molecule has 56 valence electrons. The summed E-state index contributed by atoms with van der Waals surface area (Å²) in [5, 5.41) is 0. The van der Waals surface area contributed by atoms with Crippen molar-refractivity contribution in [2.75, 3.05) is 13.3 Å². The van der Waals surface area contributed by atoms with Crippen molar-refractivity contribution in [1.82, 2.24) is 0 Å². The summed E-state index contributed by atoms with van der Waals surface area (Å²) in [7, 11) is -0.646. The fourth-order valence-corrected chi connectivity index (χ4v) is 94.1. The molecule has 2 unspecified atom stereocenters. The molecule has 0 N–H and O–H groups in total. The van der Waals surface area contributed by atoms with Gasteiger partial charge in [0, 0.05) is 0 Å². The monoisotopic (exact) mass is 463 g/mol. The third-order valence-electron chi connectivity index (χ3n) is 2.16. The van der Waals surface area contributed by atoms with E-state index in [4.69, 9.17) is 0 Å². The Kier molecular flexibility index (Phi) is 1.50. The van der Waals surface area contributed by atoms with Gasteiger partial charge in [0.05, 0.1) is 0 Å². The second kappa shape index (κ2) is 2.05. The molecule has 9 heavy (non-hydrogen) atoms. The summed E-state index contributed by atoms with van der Waals surface area (Å²) < 4.78 is 9.67. The van der Waals surface area contributed by atoms with Crippen molar-refractivity contribution >= 4 is 29.9 Å². The molecule has 4 heterocycles. The molecule has 0 aromatic rings. The first-order valence-corrected chi connectivity index (χ1v) is 22.9. The molecule has 3 fully saturated rings. The molecule has 0 aliphatic carbocycles. The Labute approximate surface area is 69.3 Å². The van der Waals surface area contributed by atoms with Gasteiger partial charge in [-0.15, -0.1) is 0 Å². The Morgan fingerprint density at radius 3 is 2.78 bits per heavy atom. The average Bonchev–Trinajstić information content (AvgIpc) is 2.09. The van der Waals surface area contributed by atoms with Crippen LogP contribution in [0, 0.1) is 0 Å². The van der Waals surface area contributed by atoms with Crippen LogP contribution in [0.15, 0.2) is 0 Å². The van der Waals surface area contributed by atoms with Crippen molar-refractivity contribution < 1.29 is 17.2 Å². The van der Waals surface area contributed by atoms with Crippen molar-refractivity contribution in [3.8, 4) is 0 Å². The van der Waals surface area contributed by atoms with E-state index in [1.54, 1.807) is 10.8 Å². The Hall–Kier alpha value is 2.06. The van der Waals surface area contributed by atoms with Crippen LogP contribution < -0.4 is 17.2 Å². The van der Waals surface area contributed by atoms with Crippen LogP contribution in [-0.2, 0) is 0 Å². The zero-order valence-electron chi connectivity index (χ0n) is 5.12. The van der Waals surface area contributed by atoms with Gasteiger partial charge < -0.3 is 0 Å². The van der Waals surface area contributed by atoms with E-state index in [2.05, 4.69) is 4.01 Å². The van der Waals surface area contributed by atoms with Crippen molar-refractivity contribution in [2.45, 2.75) is 10.3 Å². The molecular weight excluding hydrogens is 453 g/mol. The van der Waals surface area contributed by atoms with E-state index in [1.807, 2.05) is 8.86 Å². The molecule has 0 nitrogen and oxygen atoms in total. The van der Waals surface area contributed by atoms with Gasteiger partial charge in [0.2, 0.25) is 0 Å². The standard InChI is InChI=1S/C6H10I3/c1-3-8-5-6(1)9(8)4-2-7-9/h4,6H,1-3,5H2/q-1. The van der Waals surface area contributed by atoms with Gasteiger partial charge in [-0.05, 0) is 0 Å². The zero-order valence-corrected chi connectivity index (χ0v) is 11.6. The summed E-state index contributed by atoms with van der Waals surface area (Å²) in [6.07, 6.45) is 1.73. The molecule has 0 amide bonds. The summed E-state index contributed by atoms with van der Waals surface area (Å²) in [6.45, 7) is 0. The van der Waals surface area contributed by atoms with Gasteiger partial charge in [0.25, 0.3) is 0 Å². The number of halogens is 3. The second-order valence-electron chi connectivity index (χ2n) is 2.54. The van der Waals surface area contributed by atoms with Gasteiger partial charge in [-0.3, -0.25) is 0 Å². The molecule has 1 spiro atoms. The van der Waals surface area contributed by atoms with Crippen molar-refractivity contribution in [1.29, 1.82) is 0 Å². The van der Waals surface area contributed by atoms with Gasteiger partial charge >= 0.3 is 70.7 Å². The van der Waals surface area contributed by atoms with Gasteiger partial charge in [-0.1, -0.05) is 0 Å². The molecule has 0 radical (unpaired) electrons. The Balaban J connectivity index is 2.12. The van der Waals surface area contributed by atoms with Crippen LogP contribution in [0.5, 0.6) is 0 Å². The van der Waals surface area contributed by atoms with Crippen molar-refractivity contribution in [2.24, 2.45) is 0 Å². The third-order valence-corrected chi connectivity index (χ3v) is 85.6. The normalized spacial score (nSPS) is 64.4. The van der Waals surface area contributed by atoms with E-state index in [0.29, 0.717) is 0 Å². The van der Waals surface area contributed by atoms with Crippen LogP contribution in [0.1, 0.15) is 6.42 Å². The van der Waals surface area contributed by atoms with Gasteiger partial charge in [-0.2, -0.15) is 0 Å². The average molecular weight is 463 g/mol. The molecule has 2 atom stereocenters. The topological polar surface area (TPSA) is 0 Å². The van der Waals surface area contributed by atoms with Crippen LogP contribution in [0.25, 0.3) is 0 Å². The molecule has 2 bridgehead atoms. The summed E-state index contributed by atoms with van der Waals surface area (Å²) in [6, 6.07) is 0. The van der Waals surface area contributed by atoms with Crippen LogP contribution in [0.3, 0.4) is 0 Å². The quantitative estimate of drug-likeness (QED) is 0.322. The van der Waals surface area contributed by atoms with E-state index < -0.39 is 10.0 Å². The molecule has 3 saturated heterocycles. The fourth-order valence-electron chi connectivity index (χ4n) is 1.61. The van der Waals surface area contributed by atoms with Crippen molar-refractivity contribution in [3.63, 3.8) is 0 Å². The number of rotatable bonds is 0. The first-order chi connectivity index (χ1) is 4.42. The van der Waals surface area contributed by atoms with E-state index in [-0.39, 0.29) is 15.8 Å². The zero-order chi connectivity index (χ0) is 5.90. The van der Waals surface area contributed by atoms with Crippen LogP contribution in [0.4, 0.5) is 0 Å². The van der Waals surface area contributed by atoms with Crippen LogP contribution in [0.2, 0.25) is 0 Å². The summed E-state index contributed by atoms with van der Waals surface area (Å²) >= 11 is 0.868. The predicted molar refractivity (Wildman–Crippen MR) is 57.1 cm³/mol. The van der Waals surface area contributed by atoms with E-state index in [1.165, 1.54) is 3.92 Å². The minimum absolute atomic E-state index is 0.0362. The molecule has 4 rings (SSSR count). The van der Waals surface area contributed by atoms with Crippen LogP contribution >= 0.6 is 25.9 Å². The number of fused-ring (bicyclic) bond motifs is 1. The fraction of sp³-hybridized carbons (Fsp3) is 0.833. The summed E-state index contributed by atoms with van der Waals surface area (Å²) in [4.78, 5) is 0. The predicted octanol–water partition coefficient (Wildman–Crippen LogP) is -0.944. The summed E-state index contributed by atoms with van der Waals surface area (Å²) in [5.74, 6) is 0. The first kappa shape index (κ1) is 6.56. The van der Waals surface area contributed by atoms with Gasteiger partial charge in [0.15, 0.2) is 0 Å². The number of hydrogen-bond acceptors (Lipinski definition) is 0. The minimum atomic E-state index is -0.646. The molecule has 3 heteroatoms. The Morgan fingerprint density at radius 1 is 1.67 bits per heavy atom. The van der Waals surface area contributed by atoms with E-state index in [9.17, 15) is 0 Å². The SMILES string of the molecule is C1=I2([I-]C1)C1CCI2C1. The second-order valence-corrected chi connectivity index (χ2v) is 53.9. The maximum absolute atomic E-state index is 2.91. The first-order valence-electron chi connectivity index (χ1n) is 3.25. The van der Waals surface area contributed by atoms with E-state index >= 15 is 0 Å².